The van der Waals surface area contributed by atoms with Crippen molar-refractivity contribution in [1.82, 2.24) is 19.7 Å². The van der Waals surface area contributed by atoms with Crippen LogP contribution in [0, 0.1) is 21.7 Å². The molecule has 0 spiro atoms. The normalized spacial score (nSPS) is 15.5. The molecule has 0 N–H and O–H groups in total. The first-order chi connectivity index (χ1) is 31.6. The summed E-state index contributed by atoms with van der Waals surface area (Å²) in [6, 6.07) is 7.70. The molecule has 3 aromatic rings. The molecule has 0 radical (unpaired) electrons. The third-order valence-electron chi connectivity index (χ3n) is 7.81. The van der Waals surface area contributed by atoms with Gasteiger partial charge >= 0.3 is 0 Å². The molecule has 3 fully saturated rings. The topological polar surface area (TPSA) is 82.2 Å². The van der Waals surface area contributed by atoms with E-state index < -0.39 is 0 Å². The molecule has 8 nitrogen and oxygen atoms in total. The summed E-state index contributed by atoms with van der Waals surface area (Å²) in [5.41, 5.74) is 4.27. The molecule has 70 heavy (non-hydrogen) atoms. The van der Waals surface area contributed by atoms with Crippen molar-refractivity contribution in [2.24, 2.45) is 26.7 Å². The summed E-state index contributed by atoms with van der Waals surface area (Å²) in [6.45, 7) is 59.8. The molecule has 0 unspecified atom stereocenters. The maximum atomic E-state index is 11.4. The van der Waals surface area contributed by atoms with Crippen LogP contribution in [-0.4, -0.2) is 87.1 Å². The van der Waals surface area contributed by atoms with Gasteiger partial charge in [0.1, 0.15) is 0 Å². The number of furan rings is 1. The lowest BCUT2D eigenvalue weighted by molar-refractivity contribution is -0.138. The highest BCUT2D eigenvalue weighted by atomic mass is 32.1. The molecule has 10 heteroatoms. The Balaban J connectivity index is -0.000000348. The van der Waals surface area contributed by atoms with Crippen molar-refractivity contribution in [3.05, 3.63) is 76.8 Å². The van der Waals surface area contributed by atoms with Crippen LogP contribution in [0.25, 0.3) is 0 Å². The van der Waals surface area contributed by atoms with Gasteiger partial charge in [-0.25, -0.2) is 0 Å². The van der Waals surface area contributed by atoms with E-state index in [0.717, 1.165) is 45.3 Å². The third kappa shape index (κ3) is 67.0. The maximum absolute atomic E-state index is 11.4. The van der Waals surface area contributed by atoms with Gasteiger partial charge in [-0.15, -0.1) is 11.3 Å². The fourth-order valence-electron chi connectivity index (χ4n) is 5.19. The molecule has 0 saturated carbocycles. The van der Waals surface area contributed by atoms with E-state index in [9.17, 15) is 9.59 Å². The predicted octanol–water partition coefficient (Wildman–Crippen LogP) is 18.1. The minimum atomic E-state index is 0.0253. The predicted molar refractivity (Wildman–Crippen MR) is 315 cm³/mol. The number of piperidine rings is 1. The number of thiazole rings is 1. The number of nitrogens with zero attached hydrogens (tertiary/aromatic N) is 5. The molecule has 4 aliphatic heterocycles. The number of amides is 2. The second kappa shape index (κ2) is 38.5. The third-order valence-corrected chi connectivity index (χ3v) is 8.96. The first kappa shape index (κ1) is 73.5. The largest absolute Gasteiger partial charge is 0.473 e. The minimum absolute atomic E-state index is 0.0253. The fraction of sp³-hybridized carbons (Fsp3) is 0.733. The Kier molecular flexibility index (Phi) is 40.4. The molecule has 2 amide bonds. The first-order valence-electron chi connectivity index (χ1n) is 25.9. The molecule has 0 atom stereocenters. The van der Waals surface area contributed by atoms with Crippen LogP contribution < -0.4 is 0 Å². The van der Waals surface area contributed by atoms with Crippen LogP contribution in [-0.2, 0) is 9.59 Å². The lowest BCUT2D eigenvalue weighted by Crippen LogP contribution is -2.47. The van der Waals surface area contributed by atoms with Crippen molar-refractivity contribution >= 4 is 40.7 Å². The van der Waals surface area contributed by atoms with Crippen LogP contribution >= 0.6 is 22.7 Å². The van der Waals surface area contributed by atoms with Crippen molar-refractivity contribution < 1.29 is 14.0 Å². The van der Waals surface area contributed by atoms with E-state index in [-0.39, 0.29) is 11.1 Å². The zero-order valence-electron chi connectivity index (χ0n) is 50.3. The van der Waals surface area contributed by atoms with Gasteiger partial charge in [0.25, 0.3) is 0 Å². The number of allylic oxidation sites excluding steroid dienone is 1. The number of carbonyl (C=O) groups is 2. The van der Waals surface area contributed by atoms with Crippen LogP contribution in [0.3, 0.4) is 0 Å². The van der Waals surface area contributed by atoms with E-state index in [0.29, 0.717) is 39.0 Å². The minimum Gasteiger partial charge on any atom is -0.473 e. The van der Waals surface area contributed by atoms with Gasteiger partial charge in [-0.1, -0.05) is 129 Å². The van der Waals surface area contributed by atoms with Gasteiger partial charge in [-0.05, 0) is 158 Å². The molecular weight excluding hydrogens is 903 g/mol. The average Bonchev–Trinajstić information content (AvgIpc) is 4.04. The van der Waals surface area contributed by atoms with Crippen LogP contribution in [0.15, 0.2) is 86.2 Å². The molecule has 3 saturated heterocycles. The molecule has 0 bridgehead atoms. The molecule has 3 aromatic heterocycles. The SMILES string of the molecule is C1=CCN=C1.CC(C)(C)C.CC(C)(C)C.CC(C)(C)C.CC(C)(C)C.CC(C)(C)N1CCCC1.CC(C)(C)N1CCCC1=O.CC(C)(C)N1CCCCC1=O.c1ccoc1.c1ccsc1.c1cscn1. The fourth-order valence-corrected chi connectivity index (χ4v) is 6.00. The summed E-state index contributed by atoms with van der Waals surface area (Å²) in [5.74, 6) is 0.635. The van der Waals surface area contributed by atoms with Crippen molar-refractivity contribution in [2.45, 2.75) is 235 Å². The van der Waals surface area contributed by atoms with Gasteiger partial charge in [-0.3, -0.25) is 24.5 Å². The van der Waals surface area contributed by atoms with Crippen LogP contribution in [0.2, 0.25) is 0 Å². The number of carbonyl (C=O) groups excluding carboxylic acids is 2. The summed E-state index contributed by atoms with van der Waals surface area (Å²) in [7, 11) is 0. The zero-order chi connectivity index (χ0) is 55.3. The van der Waals surface area contributed by atoms with Crippen LogP contribution in [0.1, 0.15) is 218 Å². The Bertz CT molecular complexity index is 1430. The quantitative estimate of drug-likeness (QED) is 0.224. The zero-order valence-corrected chi connectivity index (χ0v) is 52.0. The standard InChI is InChI=1S/C9H17NO.C8H15NO.C8H17N.4C5H12.C4H5N.C4H4O.C4H4S.C3H3NS/c1-9(2,3)10-7-5-4-6-8(10)11;1-8(2,3)9-6-4-5-7(9)10;1-8(2,3)9-6-4-5-7-9;4*1-5(2,3)4;3*1-2-4-5-3-1;1-2-5-3-4-1/h4-7H2,1-3H3;4-6H2,1-3H3;4-7H2,1-3H3;4*1-4H3;1-3H,4H2;2*1-4H;1-3H. The number of hydrogen-bond donors (Lipinski definition) is 0. The summed E-state index contributed by atoms with van der Waals surface area (Å²) in [5, 5.41) is 6.01. The van der Waals surface area contributed by atoms with E-state index in [4.69, 9.17) is 0 Å². The van der Waals surface area contributed by atoms with Gasteiger partial charge < -0.3 is 14.2 Å². The number of aromatic nitrogens is 1. The van der Waals surface area contributed by atoms with E-state index in [1.807, 2.05) is 62.4 Å². The average molecular weight is 1020 g/mol. The van der Waals surface area contributed by atoms with Gasteiger partial charge in [0.2, 0.25) is 11.8 Å². The number of likely N-dealkylation sites (tertiary alicyclic amines) is 3. The van der Waals surface area contributed by atoms with Gasteiger partial charge in [0.15, 0.2) is 0 Å². The van der Waals surface area contributed by atoms with Crippen LogP contribution in [0.5, 0.6) is 0 Å². The number of rotatable bonds is 0. The molecule has 0 aromatic carbocycles. The van der Waals surface area contributed by atoms with E-state index in [1.165, 1.54) is 32.4 Å². The summed E-state index contributed by atoms with van der Waals surface area (Å²) in [6.07, 6.45) is 18.4. The Morgan fingerprint density at radius 3 is 1.03 bits per heavy atom. The highest BCUT2D eigenvalue weighted by Gasteiger charge is 2.30. The molecular formula is C60H113N5O3S2. The Hall–Kier alpha value is -3.08. The molecule has 7 heterocycles. The Morgan fingerprint density at radius 1 is 0.471 bits per heavy atom. The smallest absolute Gasteiger partial charge is 0.223 e. The summed E-state index contributed by atoms with van der Waals surface area (Å²) < 4.78 is 4.58. The summed E-state index contributed by atoms with van der Waals surface area (Å²) >= 11 is 3.31. The highest BCUT2D eigenvalue weighted by molar-refractivity contribution is 7.07. The lowest BCUT2D eigenvalue weighted by atomic mass is 10.0. The highest BCUT2D eigenvalue weighted by Crippen LogP contribution is 2.22. The van der Waals surface area contributed by atoms with Gasteiger partial charge in [-0.2, -0.15) is 11.3 Å². The Morgan fingerprint density at radius 2 is 0.857 bits per heavy atom. The van der Waals surface area contributed by atoms with Crippen molar-refractivity contribution in [2.75, 3.05) is 32.7 Å². The number of hydrogen-bond acceptors (Lipinski definition) is 8. The molecule has 408 valence electrons. The maximum Gasteiger partial charge on any atom is 0.223 e. The molecule has 7 rings (SSSR count). The van der Waals surface area contributed by atoms with E-state index >= 15 is 0 Å². The molecule has 4 aliphatic rings. The lowest BCUT2D eigenvalue weighted by Gasteiger charge is -2.38. The number of aliphatic imine (C=N–C) groups is 1. The number of thiophene rings is 1. The van der Waals surface area contributed by atoms with Crippen molar-refractivity contribution in [3.63, 3.8) is 0 Å². The van der Waals surface area contributed by atoms with E-state index in [1.54, 1.807) is 53.1 Å². The first-order valence-corrected chi connectivity index (χ1v) is 27.8. The second-order valence-electron chi connectivity index (χ2n) is 27.1. The van der Waals surface area contributed by atoms with Gasteiger partial charge in [0.05, 0.1) is 24.6 Å². The monoisotopic (exact) mass is 1020 g/mol. The van der Waals surface area contributed by atoms with Gasteiger partial charge in [0, 0.05) is 60.3 Å². The Labute approximate surface area is 443 Å². The summed E-state index contributed by atoms with van der Waals surface area (Å²) in [4.78, 5) is 36.6. The van der Waals surface area contributed by atoms with E-state index in [2.05, 4.69) is 192 Å². The van der Waals surface area contributed by atoms with Crippen LogP contribution in [0.4, 0.5) is 0 Å². The second-order valence-corrected chi connectivity index (χ2v) is 28.6. The van der Waals surface area contributed by atoms with Crippen molar-refractivity contribution in [1.29, 1.82) is 0 Å². The van der Waals surface area contributed by atoms with Crippen molar-refractivity contribution in [3.8, 4) is 0 Å². The molecule has 0 aliphatic carbocycles.